The second kappa shape index (κ2) is 9.57. The van der Waals surface area contributed by atoms with E-state index in [9.17, 15) is 0 Å². The first-order valence-electron chi connectivity index (χ1n) is 9.21. The van der Waals surface area contributed by atoms with Crippen LogP contribution in [-0.2, 0) is 0 Å². The molecule has 0 aromatic heterocycles. The quantitative estimate of drug-likeness (QED) is 0.273. The number of aryl methyl sites for hydroxylation is 1. The van der Waals surface area contributed by atoms with E-state index in [1.165, 1.54) is 20.2 Å². The van der Waals surface area contributed by atoms with Gasteiger partial charge in [-0.15, -0.1) is 0 Å². The van der Waals surface area contributed by atoms with Crippen LogP contribution in [-0.4, -0.2) is 0 Å². The molecule has 0 aliphatic heterocycles. The van der Waals surface area contributed by atoms with Crippen molar-refractivity contribution < 1.29 is 4.74 Å². The van der Waals surface area contributed by atoms with Crippen LogP contribution in [0.1, 0.15) is 5.56 Å². The number of hydrogen-bond acceptors (Lipinski definition) is 3. The van der Waals surface area contributed by atoms with Crippen molar-refractivity contribution in [3.05, 3.63) is 107 Å². The molecule has 29 heavy (non-hydrogen) atoms. The molecule has 0 unspecified atom stereocenters. The normalized spacial score (nSPS) is 10.7. The van der Waals surface area contributed by atoms with Gasteiger partial charge in [-0.05, 0) is 67.6 Å². The highest BCUT2D eigenvalue weighted by Crippen LogP contribution is 2.42. The topological polar surface area (TPSA) is 9.23 Å². The smallest absolute Gasteiger partial charge is 0.141 e. The molecule has 1 nitrogen and oxygen atoms in total. The Labute approximate surface area is 188 Å². The lowest BCUT2D eigenvalue weighted by atomic mass is 10.2. The van der Waals surface area contributed by atoms with Crippen LogP contribution in [0.5, 0.6) is 11.5 Å². The van der Waals surface area contributed by atoms with Crippen LogP contribution < -0.4 is 4.74 Å². The highest BCUT2D eigenvalue weighted by molar-refractivity contribution is 9.10. The van der Waals surface area contributed by atoms with E-state index in [-0.39, 0.29) is 0 Å². The molecular weight excluding hydrogens is 460 g/mol. The first-order chi connectivity index (χ1) is 14.2. The zero-order valence-electron chi connectivity index (χ0n) is 15.8. The van der Waals surface area contributed by atoms with Crippen LogP contribution >= 0.6 is 39.5 Å². The second-order valence-electron chi connectivity index (χ2n) is 6.47. The zero-order chi connectivity index (χ0) is 20.1. The molecule has 0 radical (unpaired) electrons. The van der Waals surface area contributed by atoms with Gasteiger partial charge < -0.3 is 4.74 Å². The largest absolute Gasteiger partial charge is 0.456 e. The van der Waals surface area contributed by atoms with E-state index in [0.29, 0.717) is 0 Å². The average Bonchev–Trinajstić information content (AvgIpc) is 2.74. The predicted molar refractivity (Wildman–Crippen MR) is 127 cm³/mol. The van der Waals surface area contributed by atoms with Crippen molar-refractivity contribution in [2.75, 3.05) is 0 Å². The molecular formula is C25H19BrOS2. The Balaban J connectivity index is 1.58. The average molecular weight is 479 g/mol. The van der Waals surface area contributed by atoms with Crippen molar-refractivity contribution in [2.24, 2.45) is 0 Å². The van der Waals surface area contributed by atoms with Gasteiger partial charge in [0.15, 0.2) is 0 Å². The third-order valence-corrected chi connectivity index (χ3v) is 7.08. The maximum Gasteiger partial charge on any atom is 0.141 e. The molecule has 0 saturated carbocycles. The number of benzene rings is 4. The van der Waals surface area contributed by atoms with Gasteiger partial charge in [0.2, 0.25) is 0 Å². The molecule has 0 fully saturated rings. The number of para-hydroxylation sites is 1. The van der Waals surface area contributed by atoms with Crippen LogP contribution in [0.15, 0.2) is 121 Å². The van der Waals surface area contributed by atoms with Crippen LogP contribution in [0.4, 0.5) is 0 Å². The Morgan fingerprint density at radius 2 is 1.21 bits per heavy atom. The minimum absolute atomic E-state index is 0.848. The molecule has 4 heteroatoms. The summed E-state index contributed by atoms with van der Waals surface area (Å²) in [7, 11) is 0. The zero-order valence-corrected chi connectivity index (χ0v) is 19.1. The van der Waals surface area contributed by atoms with Gasteiger partial charge in [0.25, 0.3) is 0 Å². The summed E-state index contributed by atoms with van der Waals surface area (Å²) in [6, 6.07) is 33.2. The Morgan fingerprint density at radius 1 is 0.621 bits per heavy atom. The van der Waals surface area contributed by atoms with E-state index in [2.05, 4.69) is 95.7 Å². The van der Waals surface area contributed by atoms with E-state index in [4.69, 9.17) is 4.74 Å². The number of halogens is 1. The van der Waals surface area contributed by atoms with Gasteiger partial charge in [0, 0.05) is 19.2 Å². The van der Waals surface area contributed by atoms with Crippen molar-refractivity contribution in [2.45, 2.75) is 26.5 Å². The van der Waals surface area contributed by atoms with Crippen molar-refractivity contribution in [1.82, 2.24) is 0 Å². The minimum Gasteiger partial charge on any atom is -0.456 e. The summed E-state index contributed by atoms with van der Waals surface area (Å²) in [4.78, 5) is 4.74. The highest BCUT2D eigenvalue weighted by atomic mass is 79.9. The lowest BCUT2D eigenvalue weighted by Gasteiger charge is -2.13. The molecule has 0 N–H and O–H groups in total. The summed E-state index contributed by atoms with van der Waals surface area (Å²) < 4.78 is 7.26. The first-order valence-corrected chi connectivity index (χ1v) is 11.6. The van der Waals surface area contributed by atoms with Crippen molar-refractivity contribution in [1.29, 1.82) is 0 Å². The fraction of sp³-hybridized carbons (Fsp3) is 0.0400. The van der Waals surface area contributed by atoms with Gasteiger partial charge in [0.1, 0.15) is 11.5 Å². The molecule has 0 aliphatic carbocycles. The van der Waals surface area contributed by atoms with Gasteiger partial charge in [-0.25, -0.2) is 0 Å². The number of ether oxygens (including phenoxy) is 1. The minimum atomic E-state index is 0.848. The lowest BCUT2D eigenvalue weighted by molar-refractivity contribution is 0.471. The number of hydrogen-bond donors (Lipinski definition) is 0. The molecule has 0 aliphatic rings. The van der Waals surface area contributed by atoms with E-state index in [0.717, 1.165) is 20.9 Å². The van der Waals surface area contributed by atoms with Gasteiger partial charge in [-0.2, -0.15) is 0 Å². The molecule has 4 aromatic carbocycles. The van der Waals surface area contributed by atoms with Crippen molar-refractivity contribution in [3.63, 3.8) is 0 Å². The first kappa shape index (κ1) is 20.1. The molecule has 0 bridgehead atoms. The third-order valence-electron chi connectivity index (χ3n) is 4.21. The molecule has 4 aromatic rings. The summed E-state index contributed by atoms with van der Waals surface area (Å²) in [5.41, 5.74) is 1.22. The fourth-order valence-corrected chi connectivity index (χ4v) is 4.98. The Hall–Kier alpha value is -2.14. The van der Waals surface area contributed by atoms with Crippen LogP contribution in [0.3, 0.4) is 0 Å². The van der Waals surface area contributed by atoms with Gasteiger partial charge >= 0.3 is 0 Å². The van der Waals surface area contributed by atoms with E-state index >= 15 is 0 Å². The van der Waals surface area contributed by atoms with Crippen LogP contribution in [0, 0.1) is 6.92 Å². The van der Waals surface area contributed by atoms with Crippen LogP contribution in [0.25, 0.3) is 0 Å². The van der Waals surface area contributed by atoms with E-state index in [1.54, 1.807) is 23.5 Å². The maximum absolute atomic E-state index is 6.18. The summed E-state index contributed by atoms with van der Waals surface area (Å²) in [6.07, 6.45) is 0. The summed E-state index contributed by atoms with van der Waals surface area (Å²) >= 11 is 7.00. The van der Waals surface area contributed by atoms with Crippen molar-refractivity contribution in [3.8, 4) is 11.5 Å². The Morgan fingerprint density at radius 3 is 1.90 bits per heavy atom. The SMILES string of the molecule is Cc1ccc(Oc2ccccc2Sc2ccccc2Sc2ccc(Br)cc2)cc1. The summed E-state index contributed by atoms with van der Waals surface area (Å²) in [6.45, 7) is 2.08. The molecule has 0 atom stereocenters. The molecule has 0 heterocycles. The monoisotopic (exact) mass is 478 g/mol. The number of rotatable bonds is 6. The maximum atomic E-state index is 6.18. The van der Waals surface area contributed by atoms with Crippen LogP contribution in [0.2, 0.25) is 0 Å². The highest BCUT2D eigenvalue weighted by Gasteiger charge is 2.10. The van der Waals surface area contributed by atoms with E-state index < -0.39 is 0 Å². The third kappa shape index (κ3) is 5.47. The standard InChI is InChI=1S/C25H19BrOS2/c1-18-10-14-20(15-11-18)27-22-6-2-3-7-23(22)29-25-9-5-4-8-24(25)28-21-16-12-19(26)13-17-21/h2-17H,1H3. The molecule has 0 saturated heterocycles. The predicted octanol–water partition coefficient (Wildman–Crippen LogP) is 8.85. The molecule has 0 amide bonds. The Bertz CT molecular complexity index is 1000. The molecule has 4 rings (SSSR count). The van der Waals surface area contributed by atoms with Gasteiger partial charge in [0.05, 0.1) is 4.90 Å². The summed E-state index contributed by atoms with van der Waals surface area (Å²) in [5.74, 6) is 1.71. The molecule has 0 spiro atoms. The molecule has 144 valence electrons. The van der Waals surface area contributed by atoms with Crippen molar-refractivity contribution >= 4 is 39.5 Å². The van der Waals surface area contributed by atoms with Gasteiger partial charge in [-0.1, -0.05) is 81.4 Å². The lowest BCUT2D eigenvalue weighted by Crippen LogP contribution is -1.87. The van der Waals surface area contributed by atoms with Gasteiger partial charge in [-0.3, -0.25) is 0 Å². The second-order valence-corrected chi connectivity index (χ2v) is 9.58. The Kier molecular flexibility index (Phi) is 6.65. The fourth-order valence-electron chi connectivity index (χ4n) is 2.72. The van der Waals surface area contributed by atoms with E-state index in [1.807, 2.05) is 24.3 Å². The summed E-state index contributed by atoms with van der Waals surface area (Å²) in [5, 5.41) is 0.